The highest BCUT2D eigenvalue weighted by atomic mass is 14.4. The van der Waals surface area contributed by atoms with Crippen LogP contribution in [0.25, 0.3) is 22.3 Å². The van der Waals surface area contributed by atoms with Crippen molar-refractivity contribution in [2.75, 3.05) is 0 Å². The number of hydrogen-bond donors (Lipinski definition) is 0. The van der Waals surface area contributed by atoms with E-state index in [1.165, 1.54) is 44.5 Å². The highest BCUT2D eigenvalue weighted by Gasteiger charge is 2.35. The van der Waals surface area contributed by atoms with Gasteiger partial charge in [0.2, 0.25) is 0 Å². The van der Waals surface area contributed by atoms with E-state index in [1.807, 2.05) is 0 Å². The summed E-state index contributed by atoms with van der Waals surface area (Å²) in [5.41, 5.74) is 11.1. The van der Waals surface area contributed by atoms with Crippen LogP contribution >= 0.6 is 0 Å². The maximum Gasteiger partial charge on any atom is 0.0159 e. The van der Waals surface area contributed by atoms with Crippen LogP contribution in [0, 0.1) is 6.92 Å². The Kier molecular flexibility index (Phi) is 3.61. The number of hydrogen-bond acceptors (Lipinski definition) is 0. The molecule has 0 aromatic heterocycles. The van der Waals surface area contributed by atoms with Crippen molar-refractivity contribution < 1.29 is 0 Å². The summed E-state index contributed by atoms with van der Waals surface area (Å²) < 4.78 is 0. The fourth-order valence-corrected chi connectivity index (χ4v) is 4.12. The molecule has 0 fully saturated rings. The van der Waals surface area contributed by atoms with Crippen molar-refractivity contribution in [2.45, 2.75) is 46.0 Å². The van der Waals surface area contributed by atoms with Gasteiger partial charge in [-0.1, -0.05) is 87.9 Å². The van der Waals surface area contributed by atoms with Gasteiger partial charge in [0, 0.05) is 5.41 Å². The normalized spacial score (nSPS) is 14.5. The minimum absolute atomic E-state index is 0.0510. The van der Waals surface area contributed by atoms with E-state index < -0.39 is 0 Å². The van der Waals surface area contributed by atoms with Gasteiger partial charge in [0.1, 0.15) is 0 Å². The number of benzene rings is 3. The standard InChI is InChI=1S/C25H26/c1-16(2)18-9-11-21-22-12-10-20(19-8-6-7-17(3)13-19)15-24(22)25(4,5)23(21)14-18/h6-16H,1-5H3. The largest absolute Gasteiger partial charge is 0.0614 e. The molecule has 0 heterocycles. The molecule has 0 nitrogen and oxygen atoms in total. The van der Waals surface area contributed by atoms with Crippen LogP contribution in [0.2, 0.25) is 0 Å². The summed E-state index contributed by atoms with van der Waals surface area (Å²) in [7, 11) is 0. The van der Waals surface area contributed by atoms with Gasteiger partial charge in [-0.25, -0.2) is 0 Å². The Morgan fingerprint density at radius 3 is 2.04 bits per heavy atom. The highest BCUT2D eigenvalue weighted by molar-refractivity contribution is 5.83. The molecular weight excluding hydrogens is 300 g/mol. The van der Waals surface area contributed by atoms with Crippen LogP contribution in [0.15, 0.2) is 60.7 Å². The minimum Gasteiger partial charge on any atom is -0.0614 e. The molecule has 0 amide bonds. The molecule has 4 rings (SSSR count). The minimum atomic E-state index is 0.0510. The fourth-order valence-electron chi connectivity index (χ4n) is 4.12. The smallest absolute Gasteiger partial charge is 0.0159 e. The molecule has 0 N–H and O–H groups in total. The first-order valence-corrected chi connectivity index (χ1v) is 9.24. The van der Waals surface area contributed by atoms with Gasteiger partial charge in [-0.05, 0) is 57.9 Å². The first kappa shape index (κ1) is 16.1. The number of rotatable bonds is 2. The molecule has 0 aliphatic heterocycles. The lowest BCUT2D eigenvalue weighted by atomic mass is 9.80. The van der Waals surface area contributed by atoms with Crippen molar-refractivity contribution in [1.29, 1.82) is 0 Å². The third-order valence-electron chi connectivity index (χ3n) is 5.72. The zero-order valence-corrected chi connectivity index (χ0v) is 15.9. The molecule has 1 aliphatic carbocycles. The molecule has 3 aromatic carbocycles. The Balaban J connectivity index is 1.88. The molecular formula is C25H26. The van der Waals surface area contributed by atoms with Crippen LogP contribution in [0.1, 0.15) is 55.9 Å². The van der Waals surface area contributed by atoms with Gasteiger partial charge < -0.3 is 0 Å². The molecule has 0 saturated carbocycles. The molecule has 0 bridgehead atoms. The predicted octanol–water partition coefficient (Wildman–Crippen LogP) is 7.09. The van der Waals surface area contributed by atoms with E-state index in [9.17, 15) is 0 Å². The zero-order chi connectivity index (χ0) is 17.8. The second kappa shape index (κ2) is 5.59. The van der Waals surface area contributed by atoms with Gasteiger partial charge >= 0.3 is 0 Å². The van der Waals surface area contributed by atoms with E-state index in [4.69, 9.17) is 0 Å². The van der Waals surface area contributed by atoms with Crippen molar-refractivity contribution in [3.63, 3.8) is 0 Å². The summed E-state index contributed by atoms with van der Waals surface area (Å²) in [4.78, 5) is 0. The molecule has 126 valence electrons. The maximum atomic E-state index is 2.42. The van der Waals surface area contributed by atoms with Crippen LogP contribution < -0.4 is 0 Å². The van der Waals surface area contributed by atoms with E-state index in [2.05, 4.69) is 95.3 Å². The quantitative estimate of drug-likeness (QED) is 0.471. The van der Waals surface area contributed by atoms with Crippen molar-refractivity contribution in [3.05, 3.63) is 82.9 Å². The molecule has 0 radical (unpaired) electrons. The van der Waals surface area contributed by atoms with E-state index in [0.29, 0.717) is 5.92 Å². The summed E-state index contributed by atoms with van der Waals surface area (Å²) in [5.74, 6) is 0.563. The molecule has 0 heteroatoms. The molecule has 25 heavy (non-hydrogen) atoms. The van der Waals surface area contributed by atoms with Crippen LogP contribution in [0.5, 0.6) is 0 Å². The fraction of sp³-hybridized carbons (Fsp3) is 0.280. The van der Waals surface area contributed by atoms with Crippen molar-refractivity contribution in [3.8, 4) is 22.3 Å². The second-order valence-electron chi connectivity index (χ2n) is 8.21. The third-order valence-corrected chi connectivity index (χ3v) is 5.72. The van der Waals surface area contributed by atoms with Crippen molar-refractivity contribution in [1.82, 2.24) is 0 Å². The molecule has 3 aromatic rings. The van der Waals surface area contributed by atoms with E-state index in [1.54, 1.807) is 0 Å². The van der Waals surface area contributed by atoms with Crippen molar-refractivity contribution >= 4 is 0 Å². The average Bonchev–Trinajstić information content (AvgIpc) is 2.82. The summed E-state index contributed by atoms with van der Waals surface area (Å²) in [6, 6.07) is 22.8. The molecule has 0 spiro atoms. The Morgan fingerprint density at radius 1 is 0.720 bits per heavy atom. The van der Waals surface area contributed by atoms with Gasteiger partial charge in [-0.2, -0.15) is 0 Å². The van der Waals surface area contributed by atoms with E-state index in [0.717, 1.165) is 0 Å². The van der Waals surface area contributed by atoms with Crippen molar-refractivity contribution in [2.24, 2.45) is 0 Å². The predicted molar refractivity (Wildman–Crippen MR) is 108 cm³/mol. The first-order valence-electron chi connectivity index (χ1n) is 9.24. The first-order chi connectivity index (χ1) is 11.9. The maximum absolute atomic E-state index is 2.42. The number of fused-ring (bicyclic) bond motifs is 3. The summed E-state index contributed by atoms with van der Waals surface area (Å²) in [6.07, 6.45) is 0. The summed E-state index contributed by atoms with van der Waals surface area (Å²) in [6.45, 7) is 11.4. The van der Waals surface area contributed by atoms with E-state index in [-0.39, 0.29) is 5.41 Å². The van der Waals surface area contributed by atoms with E-state index >= 15 is 0 Å². The Labute approximate surface area is 151 Å². The van der Waals surface area contributed by atoms with Gasteiger partial charge in [-0.15, -0.1) is 0 Å². The van der Waals surface area contributed by atoms with Gasteiger partial charge in [0.05, 0.1) is 0 Å². The van der Waals surface area contributed by atoms with Gasteiger partial charge in [-0.3, -0.25) is 0 Å². The third kappa shape index (κ3) is 2.52. The Bertz CT molecular complexity index is 958. The number of aryl methyl sites for hydroxylation is 1. The molecule has 0 atom stereocenters. The second-order valence-corrected chi connectivity index (χ2v) is 8.21. The zero-order valence-electron chi connectivity index (χ0n) is 15.9. The SMILES string of the molecule is Cc1cccc(-c2ccc3c(c2)C(C)(C)c2cc(C(C)C)ccc2-3)c1. The topological polar surface area (TPSA) is 0 Å². The lowest BCUT2D eigenvalue weighted by Crippen LogP contribution is -2.15. The summed E-state index contributed by atoms with van der Waals surface area (Å²) in [5, 5.41) is 0. The van der Waals surface area contributed by atoms with Crippen LogP contribution in [-0.4, -0.2) is 0 Å². The van der Waals surface area contributed by atoms with Crippen LogP contribution in [0.3, 0.4) is 0 Å². The van der Waals surface area contributed by atoms with Crippen LogP contribution in [0.4, 0.5) is 0 Å². The highest BCUT2D eigenvalue weighted by Crippen LogP contribution is 2.50. The molecule has 0 saturated heterocycles. The molecule has 1 aliphatic rings. The van der Waals surface area contributed by atoms with Gasteiger partial charge in [0.15, 0.2) is 0 Å². The lowest BCUT2D eigenvalue weighted by Gasteiger charge is -2.23. The Morgan fingerprint density at radius 2 is 1.36 bits per heavy atom. The lowest BCUT2D eigenvalue weighted by molar-refractivity contribution is 0.658. The van der Waals surface area contributed by atoms with Gasteiger partial charge in [0.25, 0.3) is 0 Å². The monoisotopic (exact) mass is 326 g/mol. The van der Waals surface area contributed by atoms with Crippen LogP contribution in [-0.2, 0) is 5.41 Å². The summed E-state index contributed by atoms with van der Waals surface area (Å²) >= 11 is 0. The average molecular weight is 326 g/mol. The Hall–Kier alpha value is -2.34. The molecule has 0 unspecified atom stereocenters.